The molecule has 3 aromatic carbocycles. The molecule has 0 bridgehead atoms. The van der Waals surface area contributed by atoms with Crippen molar-refractivity contribution in [1.82, 2.24) is 4.31 Å². The molecule has 1 heterocycles. The van der Waals surface area contributed by atoms with Crippen molar-refractivity contribution in [1.29, 1.82) is 0 Å². The van der Waals surface area contributed by atoms with E-state index in [2.05, 4.69) is 6.58 Å². The number of ether oxygens (including phenoxy) is 1. The molecule has 0 N–H and O–H groups in total. The van der Waals surface area contributed by atoms with E-state index in [1.807, 2.05) is 6.92 Å². The molecule has 196 valence electrons. The largest absolute Gasteiger partial charge is 0.463 e. The van der Waals surface area contributed by atoms with Gasteiger partial charge in [-0.15, -0.1) is 0 Å². The normalized spacial score (nSPS) is 17.1. The highest BCUT2D eigenvalue weighted by Gasteiger charge is 2.46. The minimum absolute atomic E-state index is 0.0164. The summed E-state index contributed by atoms with van der Waals surface area (Å²) in [4.78, 5) is 23.5. The van der Waals surface area contributed by atoms with Gasteiger partial charge in [0.2, 0.25) is 0 Å². The summed E-state index contributed by atoms with van der Waals surface area (Å²) in [5.74, 6) is -1.98. The van der Waals surface area contributed by atoms with E-state index >= 15 is 0 Å². The number of hydrogen-bond acceptors (Lipinski definition) is 6. The van der Waals surface area contributed by atoms with Crippen LogP contribution in [-0.2, 0) is 19.6 Å². The van der Waals surface area contributed by atoms with Gasteiger partial charge in [0, 0.05) is 18.1 Å². The van der Waals surface area contributed by atoms with Crippen LogP contribution in [0, 0.1) is 22.9 Å². The van der Waals surface area contributed by atoms with Gasteiger partial charge in [0.05, 0.1) is 33.7 Å². The Hall–Kier alpha value is -4.31. The lowest BCUT2D eigenvalue weighted by atomic mass is 9.89. The van der Waals surface area contributed by atoms with Crippen LogP contribution in [0.5, 0.6) is 0 Å². The number of halogens is 1. The maximum Gasteiger partial charge on any atom is 0.335 e. The summed E-state index contributed by atoms with van der Waals surface area (Å²) in [7, 11) is -4.28. The number of nitro benzene ring substituents is 1. The van der Waals surface area contributed by atoms with Crippen molar-refractivity contribution in [3.05, 3.63) is 124 Å². The number of aryl methyl sites for hydroxylation is 1. The third-order valence-corrected chi connectivity index (χ3v) is 8.08. The molecule has 0 aliphatic carbocycles. The molecule has 1 aliphatic heterocycles. The molecule has 1 aliphatic rings. The van der Waals surface area contributed by atoms with Gasteiger partial charge >= 0.3 is 5.97 Å². The Kier molecular flexibility index (Phi) is 7.45. The third kappa shape index (κ3) is 5.08. The highest BCUT2D eigenvalue weighted by atomic mass is 32.2. The van der Waals surface area contributed by atoms with E-state index in [4.69, 9.17) is 4.74 Å². The van der Waals surface area contributed by atoms with E-state index < -0.39 is 38.7 Å². The number of rotatable bonds is 8. The molecule has 3 aromatic rings. The van der Waals surface area contributed by atoms with Crippen LogP contribution in [0.2, 0.25) is 0 Å². The van der Waals surface area contributed by atoms with Crippen LogP contribution in [0.25, 0.3) is 5.70 Å². The zero-order chi connectivity index (χ0) is 27.6. The molecule has 0 unspecified atom stereocenters. The summed E-state index contributed by atoms with van der Waals surface area (Å²) in [6.45, 7) is 7.41. The fourth-order valence-corrected chi connectivity index (χ4v) is 6.07. The second kappa shape index (κ2) is 10.6. The number of esters is 1. The standard InChI is InChI=1S/C28H25FN2O6S/c1-4-37-28(32)19(3)27-25(20-7-11-22(29)12-8-20)17-26(21-9-13-23(14-10-21)31(33)34)30(27)38(35,36)24-15-5-18(2)6-16-24/h5-17,25,27H,3-4H2,1-2H3/t25-,27-/m1/s1. The summed E-state index contributed by atoms with van der Waals surface area (Å²) in [5, 5.41) is 11.2. The van der Waals surface area contributed by atoms with Crippen molar-refractivity contribution >= 4 is 27.4 Å². The lowest BCUT2D eigenvalue weighted by molar-refractivity contribution is -0.384. The number of nitro groups is 1. The number of carbonyl (C=O) groups excluding carboxylic acids is 1. The molecule has 0 saturated heterocycles. The van der Waals surface area contributed by atoms with Crippen molar-refractivity contribution < 1.29 is 27.3 Å². The summed E-state index contributed by atoms with van der Waals surface area (Å²) in [5.41, 5.74) is 1.70. The fraction of sp³-hybridized carbons (Fsp3) is 0.179. The molecule has 38 heavy (non-hydrogen) atoms. The molecule has 2 atom stereocenters. The molecular formula is C28H25FN2O6S. The summed E-state index contributed by atoms with van der Waals surface area (Å²) >= 11 is 0. The van der Waals surface area contributed by atoms with Gasteiger partial charge in [-0.05, 0) is 67.4 Å². The number of benzene rings is 3. The van der Waals surface area contributed by atoms with Gasteiger partial charge < -0.3 is 4.74 Å². The number of sulfonamides is 1. The van der Waals surface area contributed by atoms with E-state index in [0.717, 1.165) is 9.87 Å². The van der Waals surface area contributed by atoms with E-state index in [1.54, 1.807) is 25.1 Å². The van der Waals surface area contributed by atoms with Crippen LogP contribution in [-0.4, -0.2) is 36.3 Å². The second-order valence-corrected chi connectivity index (χ2v) is 10.6. The van der Waals surface area contributed by atoms with Gasteiger partial charge in [-0.1, -0.05) is 36.4 Å². The van der Waals surface area contributed by atoms with Crippen molar-refractivity contribution in [3.8, 4) is 0 Å². The Balaban J connectivity index is 1.95. The van der Waals surface area contributed by atoms with Crippen LogP contribution in [0.1, 0.15) is 29.5 Å². The highest BCUT2D eigenvalue weighted by molar-refractivity contribution is 7.89. The molecule has 4 rings (SSSR count). The van der Waals surface area contributed by atoms with Crippen molar-refractivity contribution in [2.45, 2.75) is 30.7 Å². The van der Waals surface area contributed by atoms with Gasteiger partial charge in [0.1, 0.15) is 5.82 Å². The van der Waals surface area contributed by atoms with E-state index in [9.17, 15) is 27.7 Å². The molecule has 0 aromatic heterocycles. The van der Waals surface area contributed by atoms with Crippen LogP contribution in [0.15, 0.2) is 95.9 Å². The molecule has 0 amide bonds. The maximum absolute atomic E-state index is 14.2. The predicted molar refractivity (Wildman–Crippen MR) is 140 cm³/mol. The van der Waals surface area contributed by atoms with Crippen molar-refractivity contribution in [2.75, 3.05) is 6.61 Å². The van der Waals surface area contributed by atoms with Crippen LogP contribution in [0.3, 0.4) is 0 Å². The summed E-state index contributed by atoms with van der Waals surface area (Å²) < 4.78 is 48.3. The molecule has 0 spiro atoms. The molecule has 0 radical (unpaired) electrons. The first-order chi connectivity index (χ1) is 18.0. The monoisotopic (exact) mass is 536 g/mol. The zero-order valence-corrected chi connectivity index (χ0v) is 21.5. The molecule has 10 heteroatoms. The average Bonchev–Trinajstić information content (AvgIpc) is 3.30. The molecule has 8 nitrogen and oxygen atoms in total. The number of carbonyl (C=O) groups is 1. The number of hydrogen-bond donors (Lipinski definition) is 0. The molecular weight excluding hydrogens is 511 g/mol. The second-order valence-electron chi connectivity index (χ2n) is 8.74. The summed E-state index contributed by atoms with van der Waals surface area (Å²) in [6.07, 6.45) is 1.65. The fourth-order valence-electron chi connectivity index (χ4n) is 4.38. The van der Waals surface area contributed by atoms with Crippen LogP contribution in [0.4, 0.5) is 10.1 Å². The first-order valence-electron chi connectivity index (χ1n) is 11.7. The maximum atomic E-state index is 14.2. The van der Waals surface area contributed by atoms with E-state index in [0.29, 0.717) is 11.1 Å². The zero-order valence-electron chi connectivity index (χ0n) is 20.7. The Morgan fingerprint density at radius 1 is 1.05 bits per heavy atom. The Labute approximate surface area is 219 Å². The minimum Gasteiger partial charge on any atom is -0.463 e. The van der Waals surface area contributed by atoms with E-state index in [1.165, 1.54) is 60.7 Å². The summed E-state index contributed by atoms with van der Waals surface area (Å²) in [6, 6.07) is 16.0. The molecule has 0 saturated carbocycles. The average molecular weight is 537 g/mol. The highest BCUT2D eigenvalue weighted by Crippen LogP contribution is 2.45. The lowest BCUT2D eigenvalue weighted by Gasteiger charge is -2.32. The van der Waals surface area contributed by atoms with Crippen LogP contribution >= 0.6 is 0 Å². The van der Waals surface area contributed by atoms with Crippen LogP contribution < -0.4 is 0 Å². The smallest absolute Gasteiger partial charge is 0.335 e. The Morgan fingerprint density at radius 2 is 1.66 bits per heavy atom. The Bertz CT molecular complexity index is 1520. The van der Waals surface area contributed by atoms with Crippen molar-refractivity contribution in [2.24, 2.45) is 0 Å². The number of nitrogens with zero attached hydrogens (tertiary/aromatic N) is 2. The molecule has 0 fully saturated rings. The van der Waals surface area contributed by atoms with Gasteiger partial charge in [-0.3, -0.25) is 14.4 Å². The minimum atomic E-state index is -4.28. The van der Waals surface area contributed by atoms with Gasteiger partial charge in [-0.2, -0.15) is 0 Å². The van der Waals surface area contributed by atoms with Gasteiger partial charge in [0.25, 0.3) is 15.7 Å². The third-order valence-electron chi connectivity index (χ3n) is 6.27. The first-order valence-corrected chi connectivity index (χ1v) is 13.2. The first kappa shape index (κ1) is 26.7. The van der Waals surface area contributed by atoms with Crippen molar-refractivity contribution in [3.63, 3.8) is 0 Å². The SMILES string of the molecule is C=C(C(=O)OCC)[C@@H]1[C@@H](c2ccc(F)cc2)C=C(c2ccc([N+](=O)[O-])cc2)N1S(=O)(=O)c1ccc(C)cc1. The number of non-ortho nitro benzene ring substituents is 1. The van der Waals surface area contributed by atoms with Gasteiger partial charge in [-0.25, -0.2) is 17.6 Å². The lowest BCUT2D eigenvalue weighted by Crippen LogP contribution is -2.41. The predicted octanol–water partition coefficient (Wildman–Crippen LogP) is 5.36. The van der Waals surface area contributed by atoms with Gasteiger partial charge in [0.15, 0.2) is 0 Å². The quantitative estimate of drug-likeness (QED) is 0.166. The topological polar surface area (TPSA) is 107 Å². The Morgan fingerprint density at radius 3 is 2.21 bits per heavy atom. The van der Waals surface area contributed by atoms with E-state index in [-0.39, 0.29) is 28.5 Å².